The van der Waals surface area contributed by atoms with E-state index in [1.807, 2.05) is 0 Å². The lowest BCUT2D eigenvalue weighted by Crippen LogP contribution is -2.39. The molecule has 1 atom stereocenters. The van der Waals surface area contributed by atoms with Crippen LogP contribution >= 0.6 is 0 Å². The summed E-state index contributed by atoms with van der Waals surface area (Å²) in [6.45, 7) is 2.95. The molecule has 0 aromatic heterocycles. The largest absolute Gasteiger partial charge is 0.346 e. The molecule has 3 rings (SSSR count). The maximum Gasteiger partial charge on any atom is 0.182 e. The molecule has 0 aromatic rings. The van der Waals surface area contributed by atoms with Gasteiger partial charge in [-0.15, -0.1) is 0 Å². The molecule has 0 bridgehead atoms. The Morgan fingerprint density at radius 1 is 1.25 bits per heavy atom. The van der Waals surface area contributed by atoms with Gasteiger partial charge < -0.3 is 9.47 Å². The lowest BCUT2D eigenvalue weighted by molar-refractivity contribution is -0.146. The summed E-state index contributed by atoms with van der Waals surface area (Å²) in [7, 11) is -2.79. The van der Waals surface area contributed by atoms with Crippen LogP contribution in [0.15, 0.2) is 0 Å². The standard InChI is InChI=1S/C10H17NO4S/c12-16(13)6-1-9(7-16)11-3-2-10(8-11)14-4-5-15-10/h9H,1-8H2. The van der Waals surface area contributed by atoms with Gasteiger partial charge in [0.05, 0.1) is 31.3 Å². The summed E-state index contributed by atoms with van der Waals surface area (Å²) in [6.07, 6.45) is 1.63. The Morgan fingerprint density at radius 3 is 2.62 bits per heavy atom. The highest BCUT2D eigenvalue weighted by Crippen LogP contribution is 2.33. The Hall–Kier alpha value is -0.170. The first-order chi connectivity index (χ1) is 7.59. The second-order valence-electron chi connectivity index (χ2n) is 4.88. The Labute approximate surface area is 95.6 Å². The lowest BCUT2D eigenvalue weighted by Gasteiger charge is -2.25. The van der Waals surface area contributed by atoms with Crippen molar-refractivity contribution in [2.24, 2.45) is 0 Å². The molecule has 0 amide bonds. The first-order valence-corrected chi connectivity index (χ1v) is 7.63. The molecule has 3 aliphatic heterocycles. The SMILES string of the molecule is O=S1(=O)CCC(N2CCC3(C2)OCCO3)C1. The summed E-state index contributed by atoms with van der Waals surface area (Å²) < 4.78 is 34.1. The minimum absolute atomic E-state index is 0.178. The van der Waals surface area contributed by atoms with E-state index in [1.54, 1.807) is 0 Å². The molecule has 1 spiro atoms. The van der Waals surface area contributed by atoms with E-state index in [0.29, 0.717) is 24.7 Å². The predicted molar refractivity (Wildman–Crippen MR) is 57.9 cm³/mol. The first-order valence-electron chi connectivity index (χ1n) is 5.81. The highest BCUT2D eigenvalue weighted by molar-refractivity contribution is 7.91. The molecular formula is C10H17NO4S. The van der Waals surface area contributed by atoms with Gasteiger partial charge in [-0.25, -0.2) is 8.42 Å². The number of nitrogens with zero attached hydrogens (tertiary/aromatic N) is 1. The molecule has 1 unspecified atom stereocenters. The van der Waals surface area contributed by atoms with Crippen LogP contribution in [-0.4, -0.2) is 63.0 Å². The summed E-state index contributed by atoms with van der Waals surface area (Å²) >= 11 is 0. The van der Waals surface area contributed by atoms with Crippen LogP contribution in [0.5, 0.6) is 0 Å². The number of rotatable bonds is 1. The van der Waals surface area contributed by atoms with Crippen LogP contribution < -0.4 is 0 Å². The van der Waals surface area contributed by atoms with Gasteiger partial charge in [-0.3, -0.25) is 4.90 Å². The zero-order chi connectivity index (χ0) is 11.2. The van der Waals surface area contributed by atoms with Gasteiger partial charge in [0.2, 0.25) is 0 Å². The van der Waals surface area contributed by atoms with Crippen molar-refractivity contribution in [3.05, 3.63) is 0 Å². The van der Waals surface area contributed by atoms with Crippen LogP contribution in [-0.2, 0) is 19.3 Å². The van der Waals surface area contributed by atoms with E-state index < -0.39 is 15.6 Å². The predicted octanol–water partition coefficient (Wildman–Crippen LogP) is -0.378. The van der Waals surface area contributed by atoms with Crippen LogP contribution in [0.25, 0.3) is 0 Å². The van der Waals surface area contributed by atoms with Crippen LogP contribution in [0.1, 0.15) is 12.8 Å². The van der Waals surface area contributed by atoms with Crippen molar-refractivity contribution in [3.8, 4) is 0 Å². The average molecular weight is 247 g/mol. The minimum atomic E-state index is -2.79. The summed E-state index contributed by atoms with van der Waals surface area (Å²) in [5.41, 5.74) is 0. The fourth-order valence-electron chi connectivity index (χ4n) is 2.89. The van der Waals surface area contributed by atoms with Crippen LogP contribution in [0.3, 0.4) is 0 Å². The van der Waals surface area contributed by atoms with E-state index in [0.717, 1.165) is 25.9 Å². The number of sulfone groups is 1. The molecule has 0 saturated carbocycles. The molecular weight excluding hydrogens is 230 g/mol. The zero-order valence-electron chi connectivity index (χ0n) is 9.22. The average Bonchev–Trinajstić information content (AvgIpc) is 2.90. The van der Waals surface area contributed by atoms with E-state index in [9.17, 15) is 8.42 Å². The van der Waals surface area contributed by atoms with Crippen molar-refractivity contribution < 1.29 is 17.9 Å². The molecule has 0 aromatic carbocycles. The molecule has 92 valence electrons. The molecule has 3 saturated heterocycles. The third-order valence-electron chi connectivity index (χ3n) is 3.76. The summed E-state index contributed by atoms with van der Waals surface area (Å²) in [6, 6.07) is 0.178. The summed E-state index contributed by atoms with van der Waals surface area (Å²) in [5.74, 6) is 0.221. The monoisotopic (exact) mass is 247 g/mol. The third-order valence-corrected chi connectivity index (χ3v) is 5.51. The molecule has 6 heteroatoms. The highest BCUT2D eigenvalue weighted by atomic mass is 32.2. The fourth-order valence-corrected chi connectivity index (χ4v) is 4.65. The Kier molecular flexibility index (Phi) is 2.51. The minimum Gasteiger partial charge on any atom is -0.346 e. The number of likely N-dealkylation sites (tertiary alicyclic amines) is 1. The van der Waals surface area contributed by atoms with Crippen molar-refractivity contribution in [2.45, 2.75) is 24.7 Å². The van der Waals surface area contributed by atoms with Crippen molar-refractivity contribution in [1.29, 1.82) is 0 Å². The summed E-state index contributed by atoms with van der Waals surface area (Å²) in [4.78, 5) is 2.22. The Balaban J connectivity index is 1.66. The van der Waals surface area contributed by atoms with Gasteiger partial charge in [-0.2, -0.15) is 0 Å². The number of ether oxygens (including phenoxy) is 2. The van der Waals surface area contributed by atoms with Crippen LogP contribution in [0.4, 0.5) is 0 Å². The molecule has 3 heterocycles. The highest BCUT2D eigenvalue weighted by Gasteiger charge is 2.46. The van der Waals surface area contributed by atoms with Gasteiger partial charge in [0, 0.05) is 19.0 Å². The molecule has 0 aliphatic carbocycles. The van der Waals surface area contributed by atoms with Gasteiger partial charge in [-0.05, 0) is 6.42 Å². The van der Waals surface area contributed by atoms with Crippen molar-refractivity contribution >= 4 is 9.84 Å². The Bertz CT molecular complexity index is 374. The normalized spacial score (nSPS) is 37.4. The molecule has 3 fully saturated rings. The van der Waals surface area contributed by atoms with Crippen LogP contribution in [0, 0.1) is 0 Å². The smallest absolute Gasteiger partial charge is 0.182 e. The second kappa shape index (κ2) is 3.66. The zero-order valence-corrected chi connectivity index (χ0v) is 10.0. The fraction of sp³-hybridized carbons (Fsp3) is 1.00. The first kappa shape index (κ1) is 11.0. The summed E-state index contributed by atoms with van der Waals surface area (Å²) in [5, 5.41) is 0. The van der Waals surface area contributed by atoms with E-state index in [4.69, 9.17) is 9.47 Å². The van der Waals surface area contributed by atoms with Gasteiger partial charge in [0.25, 0.3) is 0 Å². The lowest BCUT2D eigenvalue weighted by atomic mass is 10.2. The second-order valence-corrected chi connectivity index (χ2v) is 7.11. The number of hydrogen-bond acceptors (Lipinski definition) is 5. The molecule has 3 aliphatic rings. The molecule has 5 nitrogen and oxygen atoms in total. The van der Waals surface area contributed by atoms with E-state index in [2.05, 4.69) is 4.90 Å². The maximum atomic E-state index is 11.4. The topological polar surface area (TPSA) is 55.8 Å². The quantitative estimate of drug-likeness (QED) is 0.632. The molecule has 0 N–H and O–H groups in total. The van der Waals surface area contributed by atoms with Gasteiger partial charge in [0.15, 0.2) is 15.6 Å². The van der Waals surface area contributed by atoms with Crippen molar-refractivity contribution in [1.82, 2.24) is 4.90 Å². The van der Waals surface area contributed by atoms with E-state index in [-0.39, 0.29) is 6.04 Å². The van der Waals surface area contributed by atoms with Gasteiger partial charge in [0.1, 0.15) is 0 Å². The van der Waals surface area contributed by atoms with E-state index >= 15 is 0 Å². The maximum absolute atomic E-state index is 11.4. The molecule has 16 heavy (non-hydrogen) atoms. The van der Waals surface area contributed by atoms with Gasteiger partial charge >= 0.3 is 0 Å². The van der Waals surface area contributed by atoms with Crippen molar-refractivity contribution in [2.75, 3.05) is 37.8 Å². The molecule has 0 radical (unpaired) electrons. The van der Waals surface area contributed by atoms with Crippen LogP contribution in [0.2, 0.25) is 0 Å². The van der Waals surface area contributed by atoms with Crippen molar-refractivity contribution in [3.63, 3.8) is 0 Å². The number of hydrogen-bond donors (Lipinski definition) is 0. The van der Waals surface area contributed by atoms with Gasteiger partial charge in [-0.1, -0.05) is 0 Å². The van der Waals surface area contributed by atoms with E-state index in [1.165, 1.54) is 0 Å². The Morgan fingerprint density at radius 2 is 2.00 bits per heavy atom. The third kappa shape index (κ3) is 1.88.